The number of urea groups is 1. The zero-order valence-electron chi connectivity index (χ0n) is 34.6. The highest BCUT2D eigenvalue weighted by molar-refractivity contribution is 5.99. The molecule has 7 rings (SSSR count). The standard InChI is InChI=1S/C48H62N6O5/c1-2-3-4-5-6-7-8-9-16-26-49-48(59)50-37-25-27-53(30-37)46(57)35-21-23-36(24-22-35)47(58)54-31-40(44(55)51-42-28-38(42)33-17-12-10-13-18-33)41(32-54)45(56)52-43-29-39(43)34-19-14-11-15-20-34/h10-15,17-24,37-43H,2-9,16,25-32H2,1H3,(H,51,55)(H,52,56)(H2,49,50,59)/t37-,38-,39-,40-,41-,42+,43+/m1/s1. The first-order chi connectivity index (χ1) is 28.8. The van der Waals surface area contributed by atoms with Gasteiger partial charge in [-0.2, -0.15) is 0 Å². The highest BCUT2D eigenvalue weighted by Gasteiger charge is 2.49. The second-order valence-electron chi connectivity index (χ2n) is 17.2. The molecular weight excluding hydrogens is 741 g/mol. The van der Waals surface area contributed by atoms with Crippen molar-refractivity contribution < 1.29 is 24.0 Å². The van der Waals surface area contributed by atoms with Gasteiger partial charge in [0.2, 0.25) is 11.8 Å². The monoisotopic (exact) mass is 802 g/mol. The Morgan fingerprint density at radius 3 is 1.54 bits per heavy atom. The summed E-state index contributed by atoms with van der Waals surface area (Å²) >= 11 is 0. The van der Waals surface area contributed by atoms with Crippen molar-refractivity contribution in [1.82, 2.24) is 31.1 Å². The van der Waals surface area contributed by atoms with Crippen molar-refractivity contribution in [3.05, 3.63) is 107 Å². The van der Waals surface area contributed by atoms with Crippen LogP contribution in [0.3, 0.4) is 0 Å². The van der Waals surface area contributed by atoms with Crippen LogP contribution in [0.2, 0.25) is 0 Å². The van der Waals surface area contributed by atoms with Crippen molar-refractivity contribution in [1.29, 1.82) is 0 Å². The maximum Gasteiger partial charge on any atom is 0.315 e. The summed E-state index contributed by atoms with van der Waals surface area (Å²) < 4.78 is 0. The van der Waals surface area contributed by atoms with E-state index in [0.717, 1.165) is 25.7 Å². The molecule has 3 aromatic carbocycles. The summed E-state index contributed by atoms with van der Waals surface area (Å²) in [6.45, 7) is 4.10. The lowest BCUT2D eigenvalue weighted by Crippen LogP contribution is -2.44. The molecule has 0 bridgehead atoms. The summed E-state index contributed by atoms with van der Waals surface area (Å²) in [5.41, 5.74) is 3.22. The highest BCUT2D eigenvalue weighted by Crippen LogP contribution is 2.42. The number of nitrogens with zero attached hydrogens (tertiary/aromatic N) is 2. The van der Waals surface area contributed by atoms with E-state index in [1.165, 1.54) is 56.1 Å². The molecule has 2 heterocycles. The average Bonchev–Trinajstić information content (AvgIpc) is 4.10. The summed E-state index contributed by atoms with van der Waals surface area (Å²) in [4.78, 5) is 70.9. The predicted octanol–water partition coefficient (Wildman–Crippen LogP) is 6.76. The molecule has 3 aromatic rings. The summed E-state index contributed by atoms with van der Waals surface area (Å²) in [6, 6.07) is 26.5. The van der Waals surface area contributed by atoms with Gasteiger partial charge < -0.3 is 31.1 Å². The van der Waals surface area contributed by atoms with Crippen molar-refractivity contribution in [2.24, 2.45) is 11.8 Å². The molecule has 4 aliphatic rings. The lowest BCUT2D eigenvalue weighted by atomic mass is 9.94. The van der Waals surface area contributed by atoms with E-state index in [1.807, 2.05) is 36.4 Å². The Kier molecular flexibility index (Phi) is 14.3. The number of rotatable bonds is 19. The van der Waals surface area contributed by atoms with Gasteiger partial charge in [0, 0.05) is 73.8 Å². The van der Waals surface area contributed by atoms with Crippen LogP contribution in [0.15, 0.2) is 84.9 Å². The number of likely N-dealkylation sites (tertiary alicyclic amines) is 2. The maximum absolute atomic E-state index is 13.9. The van der Waals surface area contributed by atoms with Gasteiger partial charge in [0.25, 0.3) is 11.8 Å². The van der Waals surface area contributed by atoms with Gasteiger partial charge >= 0.3 is 6.03 Å². The second-order valence-corrected chi connectivity index (χ2v) is 17.2. The van der Waals surface area contributed by atoms with E-state index >= 15 is 0 Å². The molecule has 4 fully saturated rings. The average molecular weight is 803 g/mol. The normalized spacial score (nSPS) is 24.3. The summed E-state index contributed by atoms with van der Waals surface area (Å²) in [5.74, 6) is -1.71. The minimum Gasteiger partial charge on any atom is -0.352 e. The fourth-order valence-electron chi connectivity index (χ4n) is 8.98. The van der Waals surface area contributed by atoms with Crippen LogP contribution in [0.1, 0.15) is 128 Å². The van der Waals surface area contributed by atoms with Gasteiger partial charge in [0.15, 0.2) is 0 Å². The first-order valence-corrected chi connectivity index (χ1v) is 22.2. The smallest absolute Gasteiger partial charge is 0.315 e. The molecule has 2 aliphatic carbocycles. The second kappa shape index (κ2) is 20.2. The van der Waals surface area contributed by atoms with Crippen molar-refractivity contribution in [3.8, 4) is 0 Å². The molecular formula is C48H62N6O5. The van der Waals surface area contributed by atoms with E-state index in [-0.39, 0.29) is 72.7 Å². The molecule has 11 nitrogen and oxygen atoms in total. The van der Waals surface area contributed by atoms with E-state index < -0.39 is 11.8 Å². The van der Waals surface area contributed by atoms with E-state index in [0.29, 0.717) is 37.2 Å². The molecule has 2 aliphatic heterocycles. The van der Waals surface area contributed by atoms with Gasteiger partial charge in [-0.05, 0) is 61.1 Å². The van der Waals surface area contributed by atoms with Gasteiger partial charge in [-0.1, -0.05) is 119 Å². The van der Waals surface area contributed by atoms with Gasteiger partial charge in [0.05, 0.1) is 11.8 Å². The first-order valence-electron chi connectivity index (χ1n) is 22.2. The van der Waals surface area contributed by atoms with Crippen molar-refractivity contribution in [3.63, 3.8) is 0 Å². The van der Waals surface area contributed by atoms with Crippen molar-refractivity contribution in [2.75, 3.05) is 32.7 Å². The third-order valence-corrected chi connectivity index (χ3v) is 12.7. The van der Waals surface area contributed by atoms with Gasteiger partial charge in [-0.25, -0.2) is 4.79 Å². The Hall–Kier alpha value is -5.19. The SMILES string of the molecule is CCCCCCCCCCCNC(=O)N[C@@H]1CCN(C(=O)c2ccc(C(=O)N3C[C@@H](C(=O)N[C@H]4C[C@@H]4c4ccccc4)[C@H](C(=O)N[C@H]4C[C@@H]4c4ccccc4)C3)cc2)C1. The third kappa shape index (κ3) is 11.3. The molecule has 6 amide bonds. The van der Waals surface area contributed by atoms with Crippen LogP contribution in [0.25, 0.3) is 0 Å². The molecule has 0 aromatic heterocycles. The number of benzene rings is 3. The molecule has 0 unspecified atom stereocenters. The summed E-state index contributed by atoms with van der Waals surface area (Å²) in [5, 5.41) is 12.4. The van der Waals surface area contributed by atoms with Gasteiger partial charge in [-0.15, -0.1) is 0 Å². The van der Waals surface area contributed by atoms with Crippen LogP contribution in [0.4, 0.5) is 4.79 Å². The molecule has 0 radical (unpaired) electrons. The highest BCUT2D eigenvalue weighted by atomic mass is 16.2. The molecule has 59 heavy (non-hydrogen) atoms. The Morgan fingerprint density at radius 1 is 0.559 bits per heavy atom. The van der Waals surface area contributed by atoms with E-state index in [2.05, 4.69) is 52.5 Å². The Morgan fingerprint density at radius 2 is 1.03 bits per heavy atom. The number of nitrogens with one attached hydrogen (secondary N) is 4. The van der Waals surface area contributed by atoms with Gasteiger partial charge in [0.1, 0.15) is 0 Å². The zero-order chi connectivity index (χ0) is 41.1. The molecule has 2 saturated carbocycles. The molecule has 7 atom stereocenters. The van der Waals surface area contributed by atoms with Crippen LogP contribution < -0.4 is 21.3 Å². The first kappa shape index (κ1) is 42.0. The fraction of sp³-hybridized carbons (Fsp3) is 0.521. The number of hydrogen-bond donors (Lipinski definition) is 4. The van der Waals surface area contributed by atoms with Crippen LogP contribution in [0, 0.1) is 11.8 Å². The minimum absolute atomic E-state index is 0.00234. The van der Waals surface area contributed by atoms with Crippen LogP contribution in [-0.2, 0) is 9.59 Å². The summed E-state index contributed by atoms with van der Waals surface area (Å²) in [6.07, 6.45) is 13.4. The van der Waals surface area contributed by atoms with Crippen molar-refractivity contribution in [2.45, 2.75) is 114 Å². The molecule has 2 saturated heterocycles. The Balaban J connectivity index is 0.887. The number of carbonyl (C=O) groups is 5. The van der Waals surface area contributed by atoms with E-state index in [4.69, 9.17) is 0 Å². The lowest BCUT2D eigenvalue weighted by Gasteiger charge is -2.19. The number of carbonyl (C=O) groups excluding carboxylic acids is 5. The molecule has 4 N–H and O–H groups in total. The number of hydrogen-bond acceptors (Lipinski definition) is 5. The molecule has 314 valence electrons. The Labute approximate surface area is 349 Å². The van der Waals surface area contributed by atoms with Crippen LogP contribution >= 0.6 is 0 Å². The third-order valence-electron chi connectivity index (χ3n) is 12.7. The topological polar surface area (TPSA) is 140 Å². The Bertz CT molecular complexity index is 1810. The predicted molar refractivity (Wildman–Crippen MR) is 229 cm³/mol. The van der Waals surface area contributed by atoms with E-state index in [9.17, 15) is 24.0 Å². The van der Waals surface area contributed by atoms with Crippen molar-refractivity contribution >= 4 is 29.7 Å². The number of unbranched alkanes of at least 4 members (excludes halogenated alkanes) is 8. The molecule has 11 heteroatoms. The zero-order valence-corrected chi connectivity index (χ0v) is 34.6. The number of amides is 6. The maximum atomic E-state index is 13.9. The van der Waals surface area contributed by atoms with Crippen LogP contribution in [-0.4, -0.2) is 90.3 Å². The van der Waals surface area contributed by atoms with E-state index in [1.54, 1.807) is 34.1 Å². The van der Waals surface area contributed by atoms with Crippen LogP contribution in [0.5, 0.6) is 0 Å². The quantitative estimate of drug-likeness (QED) is 0.0993. The lowest BCUT2D eigenvalue weighted by molar-refractivity contribution is -0.133. The van der Waals surface area contributed by atoms with Gasteiger partial charge in [-0.3, -0.25) is 19.2 Å². The minimum atomic E-state index is -0.681. The molecule has 0 spiro atoms. The summed E-state index contributed by atoms with van der Waals surface area (Å²) in [7, 11) is 0. The largest absolute Gasteiger partial charge is 0.352 e. The fourth-order valence-corrected chi connectivity index (χ4v) is 8.98.